The second-order valence-electron chi connectivity index (χ2n) is 4.97. The summed E-state index contributed by atoms with van der Waals surface area (Å²) in [6.45, 7) is 2.70. The van der Waals surface area contributed by atoms with Crippen molar-refractivity contribution in [2.75, 3.05) is 7.05 Å². The van der Waals surface area contributed by atoms with E-state index in [-0.39, 0.29) is 0 Å². The Bertz CT molecular complexity index is 354. The van der Waals surface area contributed by atoms with Crippen molar-refractivity contribution in [1.29, 1.82) is 0 Å². The van der Waals surface area contributed by atoms with E-state index in [0.717, 1.165) is 5.69 Å². The van der Waals surface area contributed by atoms with E-state index in [9.17, 15) is 0 Å². The lowest BCUT2D eigenvalue weighted by atomic mass is 9.93. The summed E-state index contributed by atoms with van der Waals surface area (Å²) in [5.41, 5.74) is 2.23. The SMILES string of the molecule is CNC1CCC(OCc2cc(C)nn2C)CC1. The molecule has 0 atom stereocenters. The molecule has 0 unspecified atom stereocenters. The van der Waals surface area contributed by atoms with Gasteiger partial charge in [0.05, 0.1) is 24.1 Å². The third kappa shape index (κ3) is 3.30. The van der Waals surface area contributed by atoms with Gasteiger partial charge in [0.1, 0.15) is 0 Å². The van der Waals surface area contributed by atoms with Crippen LogP contribution in [-0.2, 0) is 18.4 Å². The van der Waals surface area contributed by atoms with Gasteiger partial charge in [-0.2, -0.15) is 5.10 Å². The Balaban J connectivity index is 1.77. The van der Waals surface area contributed by atoms with Crippen molar-refractivity contribution in [1.82, 2.24) is 15.1 Å². The van der Waals surface area contributed by atoms with Gasteiger partial charge in [-0.05, 0) is 45.7 Å². The smallest absolute Gasteiger partial charge is 0.0888 e. The maximum Gasteiger partial charge on any atom is 0.0888 e. The van der Waals surface area contributed by atoms with Gasteiger partial charge in [-0.15, -0.1) is 0 Å². The number of aryl methyl sites for hydroxylation is 2. The van der Waals surface area contributed by atoms with Crippen molar-refractivity contribution in [3.05, 3.63) is 17.5 Å². The monoisotopic (exact) mass is 237 g/mol. The molecule has 0 amide bonds. The van der Waals surface area contributed by atoms with E-state index < -0.39 is 0 Å². The molecule has 0 radical (unpaired) electrons. The number of hydrogen-bond donors (Lipinski definition) is 1. The first-order valence-electron chi connectivity index (χ1n) is 6.47. The molecule has 1 heterocycles. The summed E-state index contributed by atoms with van der Waals surface area (Å²) >= 11 is 0. The van der Waals surface area contributed by atoms with Gasteiger partial charge in [0.15, 0.2) is 0 Å². The van der Waals surface area contributed by atoms with E-state index in [4.69, 9.17) is 4.74 Å². The minimum Gasteiger partial charge on any atom is -0.372 e. The molecule has 0 saturated heterocycles. The van der Waals surface area contributed by atoms with Gasteiger partial charge in [-0.25, -0.2) is 0 Å². The van der Waals surface area contributed by atoms with E-state index in [0.29, 0.717) is 18.8 Å². The van der Waals surface area contributed by atoms with Crippen LogP contribution in [0.15, 0.2) is 6.07 Å². The normalized spacial score (nSPS) is 25.1. The molecule has 1 N–H and O–H groups in total. The number of aromatic nitrogens is 2. The highest BCUT2D eigenvalue weighted by atomic mass is 16.5. The van der Waals surface area contributed by atoms with Gasteiger partial charge >= 0.3 is 0 Å². The highest BCUT2D eigenvalue weighted by Crippen LogP contribution is 2.22. The van der Waals surface area contributed by atoms with E-state index in [1.807, 2.05) is 25.7 Å². The third-order valence-corrected chi connectivity index (χ3v) is 3.65. The molecule has 1 aliphatic rings. The second-order valence-corrected chi connectivity index (χ2v) is 4.97. The van der Waals surface area contributed by atoms with Gasteiger partial charge < -0.3 is 10.1 Å². The summed E-state index contributed by atoms with van der Waals surface area (Å²) < 4.78 is 7.88. The summed E-state index contributed by atoms with van der Waals surface area (Å²) in [5.74, 6) is 0. The van der Waals surface area contributed by atoms with Crippen molar-refractivity contribution < 1.29 is 4.74 Å². The molecule has 0 aliphatic heterocycles. The van der Waals surface area contributed by atoms with Crippen LogP contribution in [0.3, 0.4) is 0 Å². The largest absolute Gasteiger partial charge is 0.372 e. The van der Waals surface area contributed by atoms with E-state index in [1.165, 1.54) is 31.4 Å². The highest BCUT2D eigenvalue weighted by Gasteiger charge is 2.20. The number of nitrogens with zero attached hydrogens (tertiary/aromatic N) is 2. The molecule has 1 fully saturated rings. The summed E-state index contributed by atoms with van der Waals surface area (Å²) in [4.78, 5) is 0. The zero-order chi connectivity index (χ0) is 12.3. The topological polar surface area (TPSA) is 39.1 Å². The molecule has 0 spiro atoms. The first kappa shape index (κ1) is 12.6. The first-order chi connectivity index (χ1) is 8.19. The fourth-order valence-electron chi connectivity index (χ4n) is 2.52. The standard InChI is InChI=1S/C13H23N3O/c1-10-8-12(16(3)15-10)9-17-13-6-4-11(14-2)5-7-13/h8,11,13-14H,4-7,9H2,1-3H3. The van der Waals surface area contributed by atoms with Crippen molar-refractivity contribution in [2.24, 2.45) is 7.05 Å². The van der Waals surface area contributed by atoms with Crippen LogP contribution in [0, 0.1) is 6.92 Å². The van der Waals surface area contributed by atoms with Crippen LogP contribution in [0.2, 0.25) is 0 Å². The molecule has 96 valence electrons. The zero-order valence-corrected chi connectivity index (χ0v) is 11.1. The number of hydrogen-bond acceptors (Lipinski definition) is 3. The average molecular weight is 237 g/mol. The molecular formula is C13H23N3O. The van der Waals surface area contributed by atoms with Crippen LogP contribution >= 0.6 is 0 Å². The lowest BCUT2D eigenvalue weighted by molar-refractivity contribution is 0.00901. The molecule has 1 aromatic rings. The fraction of sp³-hybridized carbons (Fsp3) is 0.769. The highest BCUT2D eigenvalue weighted by molar-refractivity contribution is 5.07. The summed E-state index contributed by atoms with van der Waals surface area (Å²) in [6.07, 6.45) is 5.22. The maximum absolute atomic E-state index is 5.97. The number of ether oxygens (including phenoxy) is 1. The Morgan fingerprint density at radius 2 is 2.12 bits per heavy atom. The molecular weight excluding hydrogens is 214 g/mol. The summed E-state index contributed by atoms with van der Waals surface area (Å²) in [5, 5.41) is 7.67. The van der Waals surface area contributed by atoms with Crippen molar-refractivity contribution >= 4 is 0 Å². The fourth-order valence-corrected chi connectivity index (χ4v) is 2.52. The molecule has 1 saturated carbocycles. The lowest BCUT2D eigenvalue weighted by Crippen LogP contribution is -2.32. The Morgan fingerprint density at radius 1 is 1.41 bits per heavy atom. The molecule has 0 aromatic carbocycles. The van der Waals surface area contributed by atoms with Crippen LogP contribution < -0.4 is 5.32 Å². The van der Waals surface area contributed by atoms with Gasteiger partial charge in [-0.3, -0.25) is 4.68 Å². The predicted molar refractivity (Wildman–Crippen MR) is 67.8 cm³/mol. The molecule has 17 heavy (non-hydrogen) atoms. The van der Waals surface area contributed by atoms with Crippen molar-refractivity contribution in [3.8, 4) is 0 Å². The Hall–Kier alpha value is -0.870. The van der Waals surface area contributed by atoms with Gasteiger partial charge in [0.2, 0.25) is 0 Å². The van der Waals surface area contributed by atoms with E-state index >= 15 is 0 Å². The number of nitrogens with one attached hydrogen (secondary N) is 1. The van der Waals surface area contributed by atoms with E-state index in [2.05, 4.69) is 16.5 Å². The van der Waals surface area contributed by atoms with Crippen LogP contribution in [0.4, 0.5) is 0 Å². The summed E-state index contributed by atoms with van der Waals surface area (Å²) in [6, 6.07) is 2.79. The van der Waals surface area contributed by atoms with Gasteiger partial charge in [-0.1, -0.05) is 0 Å². The predicted octanol–water partition coefficient (Wildman–Crippen LogP) is 1.78. The van der Waals surface area contributed by atoms with Crippen LogP contribution in [0.1, 0.15) is 37.1 Å². The number of rotatable bonds is 4. The van der Waals surface area contributed by atoms with Gasteiger partial charge in [0, 0.05) is 13.1 Å². The molecule has 4 nitrogen and oxygen atoms in total. The molecule has 2 rings (SSSR count). The van der Waals surface area contributed by atoms with E-state index in [1.54, 1.807) is 0 Å². The molecule has 1 aliphatic carbocycles. The molecule has 1 aromatic heterocycles. The Morgan fingerprint density at radius 3 is 2.65 bits per heavy atom. The second kappa shape index (κ2) is 5.65. The average Bonchev–Trinajstić information content (AvgIpc) is 2.66. The first-order valence-corrected chi connectivity index (χ1v) is 6.47. The van der Waals surface area contributed by atoms with Crippen molar-refractivity contribution in [3.63, 3.8) is 0 Å². The van der Waals surface area contributed by atoms with Gasteiger partial charge in [0.25, 0.3) is 0 Å². The maximum atomic E-state index is 5.97. The quantitative estimate of drug-likeness (QED) is 0.867. The third-order valence-electron chi connectivity index (χ3n) is 3.65. The lowest BCUT2D eigenvalue weighted by Gasteiger charge is -2.28. The minimum atomic E-state index is 0.426. The minimum absolute atomic E-state index is 0.426. The Kier molecular flexibility index (Phi) is 4.18. The molecule has 4 heteroatoms. The van der Waals surface area contributed by atoms with Crippen LogP contribution in [-0.4, -0.2) is 29.0 Å². The summed E-state index contributed by atoms with van der Waals surface area (Å²) in [7, 11) is 4.02. The Labute approximate surface area is 103 Å². The zero-order valence-electron chi connectivity index (χ0n) is 11.1. The molecule has 0 bridgehead atoms. The van der Waals surface area contributed by atoms with Crippen LogP contribution in [0.25, 0.3) is 0 Å². The van der Waals surface area contributed by atoms with Crippen molar-refractivity contribution in [2.45, 2.75) is 51.4 Å². The van der Waals surface area contributed by atoms with Crippen LogP contribution in [0.5, 0.6) is 0 Å².